The number of hydrogen-bond donors (Lipinski definition) is 0. The van der Waals surface area contributed by atoms with Gasteiger partial charge in [-0.3, -0.25) is 4.79 Å². The monoisotopic (exact) mass is 231 g/mol. The molecule has 0 aromatic carbocycles. The molecule has 1 heterocycles. The fourth-order valence-corrected chi connectivity index (χ4v) is 1.99. The highest BCUT2D eigenvalue weighted by atomic mass is 35.5. The topological polar surface area (TPSA) is 30.0 Å². The lowest BCUT2D eigenvalue weighted by Crippen LogP contribution is -2.01. The van der Waals surface area contributed by atoms with Crippen LogP contribution in [0.3, 0.4) is 0 Å². The van der Waals surface area contributed by atoms with Crippen LogP contribution in [-0.2, 0) is 6.42 Å². The minimum absolute atomic E-state index is 0.0212. The van der Waals surface area contributed by atoms with Crippen molar-refractivity contribution < 1.29 is 4.79 Å². The van der Waals surface area contributed by atoms with E-state index >= 15 is 0 Å². The SMILES string of the molecule is CC(C)CCc1nc(C(=O)CCl)cs1. The standard InChI is InChI=1S/C10H14ClNOS/c1-7(2)3-4-10-12-8(6-14-10)9(13)5-11/h6-7H,3-5H2,1-2H3. The van der Waals surface area contributed by atoms with E-state index in [2.05, 4.69) is 18.8 Å². The number of rotatable bonds is 5. The Balaban J connectivity index is 2.55. The Bertz CT molecular complexity index is 309. The molecule has 0 N–H and O–H groups in total. The van der Waals surface area contributed by atoms with Crippen LogP contribution in [0.2, 0.25) is 0 Å². The zero-order chi connectivity index (χ0) is 10.6. The van der Waals surface area contributed by atoms with E-state index in [0.717, 1.165) is 17.8 Å². The number of carbonyl (C=O) groups is 1. The Morgan fingerprint density at radius 2 is 2.36 bits per heavy atom. The quantitative estimate of drug-likeness (QED) is 0.576. The summed E-state index contributed by atoms with van der Waals surface area (Å²) in [7, 11) is 0. The van der Waals surface area contributed by atoms with Crippen molar-refractivity contribution in [1.29, 1.82) is 0 Å². The van der Waals surface area contributed by atoms with Gasteiger partial charge in [0.15, 0.2) is 5.78 Å². The molecule has 0 aliphatic rings. The predicted molar refractivity (Wildman–Crippen MR) is 60.3 cm³/mol. The van der Waals surface area contributed by atoms with Gasteiger partial charge < -0.3 is 0 Å². The van der Waals surface area contributed by atoms with Crippen LogP contribution in [0, 0.1) is 5.92 Å². The van der Waals surface area contributed by atoms with Gasteiger partial charge >= 0.3 is 0 Å². The van der Waals surface area contributed by atoms with Gasteiger partial charge in [0.05, 0.1) is 10.9 Å². The number of aryl methyl sites for hydroxylation is 1. The summed E-state index contributed by atoms with van der Waals surface area (Å²) in [5.41, 5.74) is 0.517. The number of halogens is 1. The minimum atomic E-state index is -0.0845. The maximum atomic E-state index is 11.2. The number of alkyl halides is 1. The summed E-state index contributed by atoms with van der Waals surface area (Å²) >= 11 is 6.98. The number of thiazole rings is 1. The Hall–Kier alpha value is -0.410. The molecule has 14 heavy (non-hydrogen) atoms. The van der Waals surface area contributed by atoms with E-state index in [4.69, 9.17) is 11.6 Å². The van der Waals surface area contributed by atoms with E-state index in [1.165, 1.54) is 0 Å². The van der Waals surface area contributed by atoms with E-state index < -0.39 is 0 Å². The molecular formula is C10H14ClNOS. The summed E-state index contributed by atoms with van der Waals surface area (Å²) in [5.74, 6) is 0.609. The second kappa shape index (κ2) is 5.47. The number of aromatic nitrogens is 1. The average Bonchev–Trinajstić information content (AvgIpc) is 2.62. The number of Topliss-reactive ketones (excluding diaryl/α,β-unsaturated/α-hetero) is 1. The van der Waals surface area contributed by atoms with Gasteiger partial charge in [0.1, 0.15) is 5.69 Å². The van der Waals surface area contributed by atoms with E-state index in [1.54, 1.807) is 16.7 Å². The van der Waals surface area contributed by atoms with Crippen molar-refractivity contribution in [2.75, 3.05) is 5.88 Å². The lowest BCUT2D eigenvalue weighted by Gasteiger charge is -2.00. The molecule has 78 valence electrons. The van der Waals surface area contributed by atoms with E-state index in [0.29, 0.717) is 11.6 Å². The molecule has 0 aliphatic heterocycles. The first-order chi connectivity index (χ1) is 6.63. The highest BCUT2D eigenvalue weighted by molar-refractivity contribution is 7.09. The van der Waals surface area contributed by atoms with E-state index in [-0.39, 0.29) is 11.7 Å². The molecule has 0 aliphatic carbocycles. The van der Waals surface area contributed by atoms with Crippen molar-refractivity contribution in [3.8, 4) is 0 Å². The maximum absolute atomic E-state index is 11.2. The third-order valence-corrected chi connectivity index (χ3v) is 3.05. The fraction of sp³-hybridized carbons (Fsp3) is 0.600. The van der Waals surface area contributed by atoms with Crippen molar-refractivity contribution in [2.24, 2.45) is 5.92 Å². The van der Waals surface area contributed by atoms with Crippen molar-refractivity contribution in [2.45, 2.75) is 26.7 Å². The molecule has 0 saturated heterocycles. The van der Waals surface area contributed by atoms with Crippen molar-refractivity contribution in [1.82, 2.24) is 4.98 Å². The van der Waals surface area contributed by atoms with Gasteiger partial charge in [-0.1, -0.05) is 13.8 Å². The summed E-state index contributed by atoms with van der Waals surface area (Å²) in [5, 5.41) is 2.83. The summed E-state index contributed by atoms with van der Waals surface area (Å²) in [6.07, 6.45) is 2.07. The molecular weight excluding hydrogens is 218 g/mol. The fourth-order valence-electron chi connectivity index (χ4n) is 1.03. The Labute approximate surface area is 93.3 Å². The zero-order valence-corrected chi connectivity index (χ0v) is 9.99. The van der Waals surface area contributed by atoms with Crippen LogP contribution in [0.4, 0.5) is 0 Å². The highest BCUT2D eigenvalue weighted by Gasteiger charge is 2.09. The number of carbonyl (C=O) groups excluding carboxylic acids is 1. The molecule has 0 saturated carbocycles. The summed E-state index contributed by atoms with van der Waals surface area (Å²) in [4.78, 5) is 15.4. The third-order valence-electron chi connectivity index (χ3n) is 1.89. The lowest BCUT2D eigenvalue weighted by atomic mass is 10.1. The Kier molecular flexibility index (Phi) is 4.55. The molecule has 1 aromatic heterocycles. The van der Waals surface area contributed by atoms with Gasteiger partial charge in [0.25, 0.3) is 0 Å². The third kappa shape index (κ3) is 3.39. The van der Waals surface area contributed by atoms with Crippen LogP contribution in [0.25, 0.3) is 0 Å². The average molecular weight is 232 g/mol. The summed E-state index contributed by atoms with van der Waals surface area (Å²) in [6, 6.07) is 0. The van der Waals surface area contributed by atoms with Gasteiger partial charge in [0, 0.05) is 5.38 Å². The molecule has 0 atom stereocenters. The normalized spacial score (nSPS) is 10.9. The molecule has 0 radical (unpaired) electrons. The van der Waals surface area contributed by atoms with Gasteiger partial charge in [-0.25, -0.2) is 4.98 Å². The summed E-state index contributed by atoms with van der Waals surface area (Å²) in [6.45, 7) is 4.36. The Morgan fingerprint density at radius 3 is 2.93 bits per heavy atom. The molecule has 2 nitrogen and oxygen atoms in total. The van der Waals surface area contributed by atoms with Gasteiger partial charge in [-0.2, -0.15) is 0 Å². The maximum Gasteiger partial charge on any atom is 0.196 e. The second-order valence-electron chi connectivity index (χ2n) is 3.62. The van der Waals surface area contributed by atoms with Gasteiger partial charge in [-0.15, -0.1) is 22.9 Å². The molecule has 1 aromatic rings. The van der Waals surface area contributed by atoms with Crippen molar-refractivity contribution >= 4 is 28.7 Å². The molecule has 1 rings (SSSR count). The first-order valence-electron chi connectivity index (χ1n) is 4.67. The number of nitrogens with zero attached hydrogens (tertiary/aromatic N) is 1. The molecule has 0 spiro atoms. The summed E-state index contributed by atoms with van der Waals surface area (Å²) < 4.78 is 0. The molecule has 0 fully saturated rings. The number of hydrogen-bond acceptors (Lipinski definition) is 3. The van der Waals surface area contributed by atoms with Crippen LogP contribution in [0.15, 0.2) is 5.38 Å². The largest absolute Gasteiger partial charge is 0.291 e. The highest BCUT2D eigenvalue weighted by Crippen LogP contribution is 2.15. The Morgan fingerprint density at radius 1 is 1.64 bits per heavy atom. The van der Waals surface area contributed by atoms with E-state index in [9.17, 15) is 4.79 Å². The first kappa shape index (κ1) is 11.7. The molecule has 4 heteroatoms. The van der Waals surface area contributed by atoms with Crippen LogP contribution >= 0.6 is 22.9 Å². The van der Waals surface area contributed by atoms with Crippen molar-refractivity contribution in [3.63, 3.8) is 0 Å². The van der Waals surface area contributed by atoms with Gasteiger partial charge in [0.2, 0.25) is 0 Å². The minimum Gasteiger partial charge on any atom is -0.291 e. The van der Waals surface area contributed by atoms with Crippen LogP contribution < -0.4 is 0 Å². The smallest absolute Gasteiger partial charge is 0.196 e. The zero-order valence-electron chi connectivity index (χ0n) is 8.42. The van der Waals surface area contributed by atoms with Crippen LogP contribution in [0.5, 0.6) is 0 Å². The van der Waals surface area contributed by atoms with Crippen molar-refractivity contribution in [3.05, 3.63) is 16.1 Å². The van der Waals surface area contributed by atoms with Gasteiger partial charge in [-0.05, 0) is 18.8 Å². The van der Waals surface area contributed by atoms with E-state index in [1.807, 2.05) is 0 Å². The number of ketones is 1. The molecule has 0 amide bonds. The lowest BCUT2D eigenvalue weighted by molar-refractivity contribution is 0.101. The molecule has 0 unspecified atom stereocenters. The van der Waals surface area contributed by atoms with Crippen LogP contribution in [0.1, 0.15) is 35.8 Å². The molecule has 0 bridgehead atoms. The first-order valence-corrected chi connectivity index (χ1v) is 6.08. The van der Waals surface area contributed by atoms with Crippen LogP contribution in [-0.4, -0.2) is 16.6 Å². The predicted octanol–water partition coefficient (Wildman–Crippen LogP) is 3.15. The second-order valence-corrected chi connectivity index (χ2v) is 4.83.